The van der Waals surface area contributed by atoms with E-state index < -0.39 is 0 Å². The van der Waals surface area contributed by atoms with E-state index in [9.17, 15) is 0 Å². The highest BCUT2D eigenvalue weighted by molar-refractivity contribution is 5.52. The molecule has 1 aliphatic rings. The lowest BCUT2D eigenvalue weighted by atomic mass is 10.2. The molecule has 6 nitrogen and oxygen atoms in total. The maximum absolute atomic E-state index is 4.48. The summed E-state index contributed by atoms with van der Waals surface area (Å²) in [5, 5.41) is 16.5. The van der Waals surface area contributed by atoms with Gasteiger partial charge in [0.05, 0.1) is 6.54 Å². The summed E-state index contributed by atoms with van der Waals surface area (Å²) >= 11 is 0. The number of aromatic nitrogens is 4. The summed E-state index contributed by atoms with van der Waals surface area (Å²) in [6, 6.07) is 21.1. The fourth-order valence-corrected chi connectivity index (χ4v) is 3.73. The molecule has 0 saturated carbocycles. The van der Waals surface area contributed by atoms with Crippen LogP contribution in [0.1, 0.15) is 25.7 Å². The summed E-state index contributed by atoms with van der Waals surface area (Å²) in [5.41, 5.74) is 2.24. The zero-order valence-electron chi connectivity index (χ0n) is 16.2. The lowest BCUT2D eigenvalue weighted by Gasteiger charge is -2.17. The number of likely N-dealkylation sites (tertiary alicyclic amines) is 1. The van der Waals surface area contributed by atoms with Gasteiger partial charge in [0.25, 0.3) is 0 Å². The number of nitrogens with one attached hydrogen (secondary N) is 1. The molecule has 1 N–H and O–H groups in total. The van der Waals surface area contributed by atoms with E-state index >= 15 is 0 Å². The fraction of sp³-hybridized carbons (Fsp3) is 0.409. The van der Waals surface area contributed by atoms with Gasteiger partial charge in [-0.2, -0.15) is 4.80 Å². The highest BCUT2D eigenvalue weighted by atomic mass is 15.6. The van der Waals surface area contributed by atoms with E-state index in [1.807, 2.05) is 30.3 Å². The van der Waals surface area contributed by atoms with Crippen LogP contribution in [-0.2, 0) is 6.54 Å². The normalized spacial score (nSPS) is 17.1. The largest absolute Gasteiger partial charge is 0.381 e. The lowest BCUT2D eigenvalue weighted by molar-refractivity contribution is 0.323. The molecule has 0 spiro atoms. The topological polar surface area (TPSA) is 58.9 Å². The SMILES string of the molecule is c1ccc(NC2CCN(CCCCCn3nnc(-c4ccccc4)n3)C2)cc1. The first-order chi connectivity index (χ1) is 13.9. The Morgan fingerprint density at radius 3 is 2.46 bits per heavy atom. The van der Waals surface area contributed by atoms with Crippen molar-refractivity contribution in [1.29, 1.82) is 0 Å². The second kappa shape index (κ2) is 9.46. The molecule has 1 saturated heterocycles. The molecule has 1 atom stereocenters. The Labute approximate surface area is 166 Å². The molecular weight excluding hydrogens is 348 g/mol. The van der Waals surface area contributed by atoms with E-state index in [0.717, 1.165) is 25.1 Å². The van der Waals surface area contributed by atoms with Crippen molar-refractivity contribution in [2.45, 2.75) is 38.3 Å². The number of hydrogen-bond acceptors (Lipinski definition) is 5. The number of aryl methyl sites for hydroxylation is 1. The first kappa shape index (κ1) is 18.6. The molecule has 1 unspecified atom stereocenters. The van der Waals surface area contributed by atoms with E-state index in [4.69, 9.17) is 0 Å². The Balaban J connectivity index is 1.12. The van der Waals surface area contributed by atoms with Crippen LogP contribution >= 0.6 is 0 Å². The standard InChI is InChI=1S/C22H28N6/c1-4-10-19(11-5-1)22-24-26-28(25-22)16-9-3-8-15-27-17-14-21(18-27)23-20-12-6-2-7-13-20/h1-2,4-7,10-13,21,23H,3,8-9,14-18H2. The molecule has 146 valence electrons. The molecule has 1 aromatic heterocycles. The second-order valence-electron chi connectivity index (χ2n) is 7.43. The van der Waals surface area contributed by atoms with Gasteiger partial charge in [0.1, 0.15) is 0 Å². The van der Waals surface area contributed by atoms with Crippen LogP contribution in [0.25, 0.3) is 11.4 Å². The van der Waals surface area contributed by atoms with E-state index in [2.05, 4.69) is 56.0 Å². The Kier molecular flexibility index (Phi) is 6.29. The van der Waals surface area contributed by atoms with Gasteiger partial charge in [-0.25, -0.2) is 0 Å². The molecule has 28 heavy (non-hydrogen) atoms. The number of nitrogens with zero attached hydrogens (tertiary/aromatic N) is 5. The molecule has 2 heterocycles. The van der Waals surface area contributed by atoms with Crippen LogP contribution in [0, 0.1) is 0 Å². The van der Waals surface area contributed by atoms with E-state index in [-0.39, 0.29) is 0 Å². The van der Waals surface area contributed by atoms with Crippen molar-refractivity contribution in [3.8, 4) is 11.4 Å². The molecule has 0 aliphatic carbocycles. The van der Waals surface area contributed by atoms with Crippen LogP contribution in [0.2, 0.25) is 0 Å². The number of rotatable bonds is 9. The third kappa shape index (κ3) is 5.16. The molecule has 4 rings (SSSR count). The van der Waals surface area contributed by atoms with Gasteiger partial charge in [-0.1, -0.05) is 55.0 Å². The molecule has 3 aromatic rings. The smallest absolute Gasteiger partial charge is 0.204 e. The van der Waals surface area contributed by atoms with Crippen LogP contribution in [0.5, 0.6) is 0 Å². The van der Waals surface area contributed by atoms with Crippen molar-refractivity contribution in [2.75, 3.05) is 25.0 Å². The van der Waals surface area contributed by atoms with E-state index in [1.165, 1.54) is 38.0 Å². The predicted molar refractivity (Wildman–Crippen MR) is 112 cm³/mol. The van der Waals surface area contributed by atoms with Crippen LogP contribution in [-0.4, -0.2) is 50.8 Å². The number of para-hydroxylation sites is 1. The summed E-state index contributed by atoms with van der Waals surface area (Å²) in [5.74, 6) is 0.703. The van der Waals surface area contributed by atoms with Crippen molar-refractivity contribution in [3.63, 3.8) is 0 Å². The van der Waals surface area contributed by atoms with Crippen molar-refractivity contribution < 1.29 is 0 Å². The number of anilines is 1. The average Bonchev–Trinajstić information content (AvgIpc) is 3.39. The highest BCUT2D eigenvalue weighted by Crippen LogP contribution is 2.16. The van der Waals surface area contributed by atoms with Gasteiger partial charge < -0.3 is 10.2 Å². The molecule has 1 fully saturated rings. The first-order valence-corrected chi connectivity index (χ1v) is 10.2. The van der Waals surface area contributed by atoms with Gasteiger partial charge in [0.2, 0.25) is 5.82 Å². The van der Waals surface area contributed by atoms with Gasteiger partial charge in [0, 0.05) is 30.4 Å². The predicted octanol–water partition coefficient (Wildman–Crippen LogP) is 3.70. The quantitative estimate of drug-likeness (QED) is 0.577. The summed E-state index contributed by atoms with van der Waals surface area (Å²) < 4.78 is 0. The van der Waals surface area contributed by atoms with Crippen LogP contribution in [0.15, 0.2) is 60.7 Å². The summed E-state index contributed by atoms with van der Waals surface area (Å²) in [4.78, 5) is 4.29. The average molecular weight is 377 g/mol. The summed E-state index contributed by atoms with van der Waals surface area (Å²) in [6.07, 6.45) is 4.72. The maximum Gasteiger partial charge on any atom is 0.204 e. The Hall–Kier alpha value is -2.73. The van der Waals surface area contributed by atoms with Crippen LogP contribution in [0.3, 0.4) is 0 Å². The Morgan fingerprint density at radius 2 is 1.64 bits per heavy atom. The third-order valence-electron chi connectivity index (χ3n) is 5.23. The van der Waals surface area contributed by atoms with Crippen molar-refractivity contribution in [3.05, 3.63) is 60.7 Å². The minimum atomic E-state index is 0.568. The van der Waals surface area contributed by atoms with Gasteiger partial charge in [-0.3, -0.25) is 0 Å². The first-order valence-electron chi connectivity index (χ1n) is 10.2. The summed E-state index contributed by atoms with van der Waals surface area (Å²) in [6.45, 7) is 4.33. The van der Waals surface area contributed by atoms with E-state index in [0.29, 0.717) is 11.9 Å². The lowest BCUT2D eigenvalue weighted by Crippen LogP contribution is -2.27. The van der Waals surface area contributed by atoms with Gasteiger partial charge >= 0.3 is 0 Å². The minimum absolute atomic E-state index is 0.568. The fourth-order valence-electron chi connectivity index (χ4n) is 3.73. The zero-order valence-corrected chi connectivity index (χ0v) is 16.2. The number of tetrazole rings is 1. The van der Waals surface area contributed by atoms with Crippen molar-refractivity contribution in [1.82, 2.24) is 25.1 Å². The van der Waals surface area contributed by atoms with Crippen molar-refractivity contribution in [2.24, 2.45) is 0 Å². The Morgan fingerprint density at radius 1 is 0.893 bits per heavy atom. The Bertz CT molecular complexity index is 833. The third-order valence-corrected chi connectivity index (χ3v) is 5.23. The summed E-state index contributed by atoms with van der Waals surface area (Å²) in [7, 11) is 0. The molecule has 1 aliphatic heterocycles. The monoisotopic (exact) mass is 376 g/mol. The minimum Gasteiger partial charge on any atom is -0.381 e. The molecule has 0 bridgehead atoms. The number of hydrogen-bond donors (Lipinski definition) is 1. The second-order valence-corrected chi connectivity index (χ2v) is 7.43. The van der Waals surface area contributed by atoms with Crippen molar-refractivity contribution >= 4 is 5.69 Å². The van der Waals surface area contributed by atoms with Crippen LogP contribution in [0.4, 0.5) is 5.69 Å². The molecule has 2 aromatic carbocycles. The molecular formula is C22H28N6. The van der Waals surface area contributed by atoms with E-state index in [1.54, 1.807) is 4.80 Å². The number of benzene rings is 2. The highest BCUT2D eigenvalue weighted by Gasteiger charge is 2.21. The van der Waals surface area contributed by atoms with Gasteiger partial charge in [-0.15, -0.1) is 10.2 Å². The maximum atomic E-state index is 4.48. The molecule has 6 heteroatoms. The number of unbranched alkanes of at least 4 members (excludes halogenated alkanes) is 2. The molecule has 0 radical (unpaired) electrons. The van der Waals surface area contributed by atoms with Gasteiger partial charge in [0.15, 0.2) is 0 Å². The van der Waals surface area contributed by atoms with Gasteiger partial charge in [-0.05, 0) is 43.2 Å². The molecule has 0 amide bonds. The zero-order chi connectivity index (χ0) is 19.0. The van der Waals surface area contributed by atoms with Crippen LogP contribution < -0.4 is 5.32 Å².